The summed E-state index contributed by atoms with van der Waals surface area (Å²) in [4.78, 5) is 34.9. The fourth-order valence-electron chi connectivity index (χ4n) is 2.07. The summed E-state index contributed by atoms with van der Waals surface area (Å²) in [6.07, 6.45) is 0. The average molecular weight is 381 g/mol. The largest absolute Gasteiger partial charge is 0.462 e. The van der Waals surface area contributed by atoms with E-state index in [0.29, 0.717) is 10.5 Å². The number of non-ortho nitro benzene ring substituents is 1. The molecule has 0 saturated carbocycles. The fourth-order valence-corrected chi connectivity index (χ4v) is 3.44. The van der Waals surface area contributed by atoms with Gasteiger partial charge in [-0.2, -0.15) is 0 Å². The molecule has 0 aliphatic carbocycles. The molecule has 0 saturated heterocycles. The molecule has 0 bridgehead atoms. The second-order valence-electron chi connectivity index (χ2n) is 4.77. The molecule has 8 nitrogen and oxygen atoms in total. The van der Waals surface area contributed by atoms with Crippen LogP contribution in [0.2, 0.25) is 0 Å². The summed E-state index contributed by atoms with van der Waals surface area (Å²) < 4.78 is 7.05. The average Bonchev–Trinajstić information content (AvgIpc) is 2.90. The summed E-state index contributed by atoms with van der Waals surface area (Å²) in [6.45, 7) is 4.18. The maximum absolute atomic E-state index is 12.4. The molecule has 2 aromatic rings. The number of rotatable bonds is 6. The molecule has 0 aliphatic heterocycles. The molecule has 0 radical (unpaired) electrons. The Morgan fingerprint density at radius 1 is 1.32 bits per heavy atom. The van der Waals surface area contributed by atoms with Gasteiger partial charge in [0.05, 0.1) is 11.5 Å². The van der Waals surface area contributed by atoms with Crippen LogP contribution < -0.4 is 5.32 Å². The second-order valence-corrected chi connectivity index (χ2v) is 6.41. The number of nitro groups is 1. The van der Waals surface area contributed by atoms with Crippen molar-refractivity contribution in [1.82, 2.24) is 4.57 Å². The van der Waals surface area contributed by atoms with Gasteiger partial charge in [0.15, 0.2) is 8.83 Å². The van der Waals surface area contributed by atoms with Crippen molar-refractivity contribution in [1.29, 1.82) is 0 Å². The van der Waals surface area contributed by atoms with E-state index in [0.717, 1.165) is 11.3 Å². The zero-order valence-corrected chi connectivity index (χ0v) is 15.1. The van der Waals surface area contributed by atoms with E-state index in [9.17, 15) is 19.7 Å². The van der Waals surface area contributed by atoms with Gasteiger partial charge < -0.3 is 14.6 Å². The van der Waals surface area contributed by atoms with Crippen molar-refractivity contribution in [2.75, 3.05) is 11.9 Å². The number of carbonyl (C=O) groups is 2. The van der Waals surface area contributed by atoms with E-state index >= 15 is 0 Å². The van der Waals surface area contributed by atoms with E-state index in [1.807, 2.05) is 6.92 Å². The first-order valence-electron chi connectivity index (χ1n) is 7.35. The number of ether oxygens (including phenoxy) is 1. The maximum atomic E-state index is 12.4. The Morgan fingerprint density at radius 3 is 2.48 bits per heavy atom. The van der Waals surface area contributed by atoms with Crippen LogP contribution in [0.4, 0.5) is 11.5 Å². The minimum absolute atomic E-state index is 0.115. The van der Waals surface area contributed by atoms with Crippen molar-refractivity contribution in [3.63, 3.8) is 0 Å². The van der Waals surface area contributed by atoms with Crippen LogP contribution in [0.25, 0.3) is 0 Å². The number of amides is 1. The van der Waals surface area contributed by atoms with Gasteiger partial charge in [0.1, 0.15) is 5.82 Å². The highest BCUT2D eigenvalue weighted by atomic mass is 32.1. The van der Waals surface area contributed by atoms with Crippen LogP contribution >= 0.6 is 23.6 Å². The molecule has 132 valence electrons. The van der Waals surface area contributed by atoms with Gasteiger partial charge in [0.2, 0.25) is 0 Å². The van der Waals surface area contributed by atoms with Crippen molar-refractivity contribution in [3.8, 4) is 0 Å². The highest BCUT2D eigenvalue weighted by Crippen LogP contribution is 2.26. The Balaban J connectivity index is 2.34. The minimum atomic E-state index is -0.565. The Hall–Kier alpha value is -2.59. The number of aromatic nitrogens is 1. The number of hydrogen-bond donors (Lipinski definition) is 1. The second kappa shape index (κ2) is 7.99. The molecule has 1 aromatic carbocycles. The van der Waals surface area contributed by atoms with Crippen molar-refractivity contribution >= 4 is 46.9 Å². The molecular weight excluding hydrogens is 366 g/mol. The lowest BCUT2D eigenvalue weighted by atomic mass is 10.2. The third-order valence-electron chi connectivity index (χ3n) is 3.24. The van der Waals surface area contributed by atoms with Crippen LogP contribution in [0.15, 0.2) is 24.3 Å². The first kappa shape index (κ1) is 18.7. The van der Waals surface area contributed by atoms with E-state index in [-0.39, 0.29) is 28.6 Å². The molecule has 0 atom stereocenters. The predicted molar refractivity (Wildman–Crippen MR) is 95.8 cm³/mol. The van der Waals surface area contributed by atoms with Crippen molar-refractivity contribution < 1.29 is 19.2 Å². The van der Waals surface area contributed by atoms with Crippen LogP contribution in [-0.4, -0.2) is 28.0 Å². The number of anilines is 1. The number of thiazole rings is 1. The van der Waals surface area contributed by atoms with Gasteiger partial charge >= 0.3 is 5.97 Å². The quantitative estimate of drug-likeness (QED) is 0.355. The molecule has 0 unspecified atom stereocenters. The first-order valence-corrected chi connectivity index (χ1v) is 8.58. The zero-order chi connectivity index (χ0) is 18.6. The van der Waals surface area contributed by atoms with Crippen molar-refractivity contribution in [2.24, 2.45) is 0 Å². The van der Waals surface area contributed by atoms with E-state index in [4.69, 9.17) is 17.0 Å². The maximum Gasteiger partial charge on any atom is 0.352 e. The first-order chi connectivity index (χ1) is 11.9. The van der Waals surface area contributed by atoms with Gasteiger partial charge in [-0.3, -0.25) is 14.9 Å². The highest BCUT2D eigenvalue weighted by molar-refractivity contribution is 7.73. The van der Waals surface area contributed by atoms with Crippen molar-refractivity contribution in [3.05, 3.63) is 48.8 Å². The summed E-state index contributed by atoms with van der Waals surface area (Å²) in [5.74, 6) is -0.806. The topological polar surface area (TPSA) is 103 Å². The smallest absolute Gasteiger partial charge is 0.352 e. The molecule has 1 heterocycles. The third-order valence-corrected chi connectivity index (χ3v) is 4.67. The molecule has 1 amide bonds. The summed E-state index contributed by atoms with van der Waals surface area (Å²) in [5.41, 5.74) is 0.107. The predicted octanol–water partition coefficient (Wildman–Crippen LogP) is 3.64. The number of nitrogens with one attached hydrogen (secondary N) is 1. The summed E-state index contributed by atoms with van der Waals surface area (Å²) in [6, 6.07) is 5.16. The molecule has 0 fully saturated rings. The van der Waals surface area contributed by atoms with Crippen LogP contribution in [0.3, 0.4) is 0 Å². The van der Waals surface area contributed by atoms with Crippen LogP contribution in [0, 0.1) is 14.1 Å². The number of hydrogen-bond acceptors (Lipinski definition) is 7. The number of nitrogens with zero attached hydrogens (tertiary/aromatic N) is 2. The Bertz CT molecular complexity index is 870. The standard InChI is InChI=1S/C15H15N3O5S2/c1-3-17-12(11(25-15(17)24)14(20)23-4-2)16-13(19)9-5-7-10(8-6-9)18(21)22/h5-8H,3-4H2,1-2H3,(H,16,19). The van der Waals surface area contributed by atoms with E-state index in [2.05, 4.69) is 5.32 Å². The van der Waals surface area contributed by atoms with Crippen LogP contribution in [0.1, 0.15) is 33.9 Å². The summed E-state index contributed by atoms with van der Waals surface area (Å²) >= 11 is 6.28. The number of nitro benzene ring substituents is 1. The van der Waals surface area contributed by atoms with Crippen LogP contribution in [-0.2, 0) is 11.3 Å². The lowest BCUT2D eigenvalue weighted by Crippen LogP contribution is -2.18. The molecule has 25 heavy (non-hydrogen) atoms. The van der Waals surface area contributed by atoms with Gasteiger partial charge in [-0.25, -0.2) is 4.79 Å². The molecule has 0 aliphatic rings. The summed E-state index contributed by atoms with van der Waals surface area (Å²) in [7, 11) is 0. The number of esters is 1. The Morgan fingerprint density at radius 2 is 1.96 bits per heavy atom. The molecule has 1 N–H and O–H groups in total. The Kier molecular flexibility index (Phi) is 5.99. The lowest BCUT2D eigenvalue weighted by Gasteiger charge is -2.10. The molecule has 10 heteroatoms. The third kappa shape index (κ3) is 4.09. The molecular formula is C15H15N3O5S2. The Labute approximate surface area is 152 Å². The van der Waals surface area contributed by atoms with Crippen LogP contribution in [0.5, 0.6) is 0 Å². The zero-order valence-electron chi connectivity index (χ0n) is 13.5. The van der Waals surface area contributed by atoms with E-state index in [1.54, 1.807) is 11.5 Å². The molecule has 1 aromatic heterocycles. The monoisotopic (exact) mass is 381 g/mol. The molecule has 0 spiro atoms. The van der Waals surface area contributed by atoms with Gasteiger partial charge in [-0.05, 0) is 38.2 Å². The SMILES string of the molecule is CCOC(=O)c1sc(=S)n(CC)c1NC(=O)c1ccc([N+](=O)[O-])cc1. The molecule has 2 rings (SSSR count). The lowest BCUT2D eigenvalue weighted by molar-refractivity contribution is -0.384. The van der Waals surface area contributed by atoms with Gasteiger partial charge in [0.25, 0.3) is 11.6 Å². The fraction of sp³-hybridized carbons (Fsp3) is 0.267. The minimum Gasteiger partial charge on any atom is -0.462 e. The van der Waals surface area contributed by atoms with E-state index in [1.165, 1.54) is 24.3 Å². The van der Waals surface area contributed by atoms with Gasteiger partial charge in [-0.1, -0.05) is 11.3 Å². The number of carbonyl (C=O) groups excluding carboxylic acids is 2. The highest BCUT2D eigenvalue weighted by Gasteiger charge is 2.22. The van der Waals surface area contributed by atoms with Crippen molar-refractivity contribution in [2.45, 2.75) is 20.4 Å². The summed E-state index contributed by atoms with van der Waals surface area (Å²) in [5, 5.41) is 13.3. The van der Waals surface area contributed by atoms with E-state index < -0.39 is 16.8 Å². The normalized spacial score (nSPS) is 10.3. The number of benzene rings is 1. The van der Waals surface area contributed by atoms with Gasteiger partial charge in [0, 0.05) is 24.2 Å². The van der Waals surface area contributed by atoms with Gasteiger partial charge in [-0.15, -0.1) is 0 Å².